The van der Waals surface area contributed by atoms with Gasteiger partial charge in [0.15, 0.2) is 0 Å². The number of hydrogen-bond donors (Lipinski definition) is 0. The van der Waals surface area contributed by atoms with Gasteiger partial charge in [-0.05, 0) is 30.9 Å². The van der Waals surface area contributed by atoms with Crippen molar-refractivity contribution >= 4 is 11.6 Å². The van der Waals surface area contributed by atoms with Gasteiger partial charge in [0.1, 0.15) is 0 Å². The minimum absolute atomic E-state index is 0.488. The summed E-state index contributed by atoms with van der Waals surface area (Å²) in [5.41, 5.74) is 2.18. The van der Waals surface area contributed by atoms with Crippen LogP contribution in [0.3, 0.4) is 0 Å². The molecule has 0 atom stereocenters. The zero-order valence-corrected chi connectivity index (χ0v) is 5.61. The number of aryl methyl sites for hydroxylation is 1. The van der Waals surface area contributed by atoms with Crippen LogP contribution in [0.25, 0.3) is 0 Å². The van der Waals surface area contributed by atoms with Gasteiger partial charge in [-0.15, -0.1) is 0 Å². The Balaban J connectivity index is 2.56. The third-order valence-electron chi connectivity index (χ3n) is 1.66. The molecule has 0 amide bonds. The molecule has 1 aliphatic rings. The third kappa shape index (κ3) is 0.663. The summed E-state index contributed by atoms with van der Waals surface area (Å²) in [6.45, 7) is 0. The molecule has 1 aliphatic carbocycles. The highest BCUT2D eigenvalue weighted by molar-refractivity contribution is 6.29. The van der Waals surface area contributed by atoms with Gasteiger partial charge >= 0.3 is 0 Å². The standard InChI is InChI=1S/C6H6ClNO/c7-6-4-2-1-3-5(4)8-9-6/h1-3H2. The van der Waals surface area contributed by atoms with E-state index in [2.05, 4.69) is 5.16 Å². The summed E-state index contributed by atoms with van der Waals surface area (Å²) in [6, 6.07) is 0. The van der Waals surface area contributed by atoms with E-state index in [9.17, 15) is 0 Å². The van der Waals surface area contributed by atoms with E-state index in [1.165, 1.54) is 6.42 Å². The van der Waals surface area contributed by atoms with Crippen molar-refractivity contribution in [2.75, 3.05) is 0 Å². The van der Waals surface area contributed by atoms with E-state index < -0.39 is 0 Å². The summed E-state index contributed by atoms with van der Waals surface area (Å²) in [5, 5.41) is 4.28. The summed E-state index contributed by atoms with van der Waals surface area (Å²) in [5.74, 6) is 0. The van der Waals surface area contributed by atoms with Crippen molar-refractivity contribution in [1.82, 2.24) is 5.16 Å². The molecule has 0 bridgehead atoms. The third-order valence-corrected chi connectivity index (χ3v) is 1.96. The van der Waals surface area contributed by atoms with Gasteiger partial charge in [0.25, 0.3) is 0 Å². The van der Waals surface area contributed by atoms with Gasteiger partial charge in [-0.25, -0.2) is 0 Å². The molecule has 1 heterocycles. The van der Waals surface area contributed by atoms with Gasteiger partial charge in [-0.2, -0.15) is 0 Å². The number of nitrogens with zero attached hydrogens (tertiary/aromatic N) is 1. The van der Waals surface area contributed by atoms with Crippen molar-refractivity contribution in [2.45, 2.75) is 19.3 Å². The number of fused-ring (bicyclic) bond motifs is 1. The second kappa shape index (κ2) is 1.74. The highest BCUT2D eigenvalue weighted by Gasteiger charge is 2.18. The lowest BCUT2D eigenvalue weighted by Crippen LogP contribution is -1.73. The minimum Gasteiger partial charge on any atom is -0.344 e. The molecule has 0 N–H and O–H groups in total. The Labute approximate surface area is 57.8 Å². The van der Waals surface area contributed by atoms with E-state index in [0.29, 0.717) is 5.22 Å². The summed E-state index contributed by atoms with van der Waals surface area (Å²) >= 11 is 5.66. The normalized spacial score (nSPS) is 16.1. The van der Waals surface area contributed by atoms with E-state index in [1.54, 1.807) is 0 Å². The lowest BCUT2D eigenvalue weighted by Gasteiger charge is -1.81. The smallest absolute Gasteiger partial charge is 0.229 e. The van der Waals surface area contributed by atoms with Crippen LogP contribution in [0.2, 0.25) is 5.22 Å². The van der Waals surface area contributed by atoms with Crippen LogP contribution in [-0.2, 0) is 12.8 Å². The molecule has 2 rings (SSSR count). The molecule has 0 unspecified atom stereocenters. The Hall–Kier alpha value is -0.500. The largest absolute Gasteiger partial charge is 0.344 e. The van der Waals surface area contributed by atoms with E-state index in [1.807, 2.05) is 0 Å². The molecule has 2 nitrogen and oxygen atoms in total. The Kier molecular flexibility index (Phi) is 1.02. The summed E-state index contributed by atoms with van der Waals surface area (Å²) < 4.78 is 4.75. The van der Waals surface area contributed by atoms with Crippen molar-refractivity contribution < 1.29 is 4.52 Å². The number of hydrogen-bond acceptors (Lipinski definition) is 2. The van der Waals surface area contributed by atoms with E-state index in [4.69, 9.17) is 16.1 Å². The Morgan fingerprint density at radius 3 is 3.11 bits per heavy atom. The molecule has 0 spiro atoms. The minimum atomic E-state index is 0.488. The van der Waals surface area contributed by atoms with Crippen LogP contribution in [0.5, 0.6) is 0 Å². The SMILES string of the molecule is Clc1onc2c1CCC2. The monoisotopic (exact) mass is 143 g/mol. The van der Waals surface area contributed by atoms with Crippen LogP contribution in [0, 0.1) is 0 Å². The molecular weight excluding hydrogens is 138 g/mol. The topological polar surface area (TPSA) is 26.0 Å². The molecular formula is C6H6ClNO. The zero-order chi connectivity index (χ0) is 6.27. The molecule has 0 aliphatic heterocycles. The second-order valence-corrected chi connectivity index (χ2v) is 2.58. The molecule has 0 saturated heterocycles. The fourth-order valence-corrected chi connectivity index (χ4v) is 1.43. The molecule has 0 radical (unpaired) electrons. The maximum atomic E-state index is 5.66. The molecule has 1 aromatic rings. The van der Waals surface area contributed by atoms with E-state index in [0.717, 1.165) is 24.1 Å². The highest BCUT2D eigenvalue weighted by Crippen LogP contribution is 2.27. The fourth-order valence-electron chi connectivity index (χ4n) is 1.19. The average molecular weight is 144 g/mol. The van der Waals surface area contributed by atoms with Crippen molar-refractivity contribution in [3.63, 3.8) is 0 Å². The fraction of sp³-hybridized carbons (Fsp3) is 0.500. The predicted molar refractivity (Wildman–Crippen MR) is 33.5 cm³/mol. The van der Waals surface area contributed by atoms with Crippen LogP contribution in [0.4, 0.5) is 0 Å². The summed E-state index contributed by atoms with van der Waals surface area (Å²) in [7, 11) is 0. The Morgan fingerprint density at radius 1 is 1.44 bits per heavy atom. The van der Waals surface area contributed by atoms with Gasteiger partial charge in [-0.3, -0.25) is 0 Å². The van der Waals surface area contributed by atoms with Crippen molar-refractivity contribution in [3.8, 4) is 0 Å². The van der Waals surface area contributed by atoms with Crippen LogP contribution < -0.4 is 0 Å². The Morgan fingerprint density at radius 2 is 2.33 bits per heavy atom. The molecule has 3 heteroatoms. The highest BCUT2D eigenvalue weighted by atomic mass is 35.5. The number of rotatable bonds is 0. The maximum Gasteiger partial charge on any atom is 0.229 e. The predicted octanol–water partition coefficient (Wildman–Crippen LogP) is 1.82. The van der Waals surface area contributed by atoms with Crippen LogP contribution >= 0.6 is 11.6 Å². The van der Waals surface area contributed by atoms with Gasteiger partial charge in [0, 0.05) is 5.56 Å². The van der Waals surface area contributed by atoms with Gasteiger partial charge in [0.2, 0.25) is 5.22 Å². The summed E-state index contributed by atoms with van der Waals surface area (Å²) in [6.07, 6.45) is 3.25. The van der Waals surface area contributed by atoms with Crippen LogP contribution in [-0.4, -0.2) is 5.16 Å². The lowest BCUT2D eigenvalue weighted by atomic mass is 10.3. The van der Waals surface area contributed by atoms with E-state index >= 15 is 0 Å². The Bertz CT molecular complexity index is 231. The molecule has 0 aromatic carbocycles. The van der Waals surface area contributed by atoms with Crippen LogP contribution in [0.1, 0.15) is 17.7 Å². The van der Waals surface area contributed by atoms with Gasteiger partial charge in [0.05, 0.1) is 5.69 Å². The quantitative estimate of drug-likeness (QED) is 0.554. The van der Waals surface area contributed by atoms with Gasteiger partial charge in [-0.1, -0.05) is 5.16 Å². The molecule has 48 valence electrons. The van der Waals surface area contributed by atoms with Crippen molar-refractivity contribution in [1.29, 1.82) is 0 Å². The lowest BCUT2D eigenvalue weighted by molar-refractivity contribution is 0.410. The maximum absolute atomic E-state index is 5.66. The zero-order valence-electron chi connectivity index (χ0n) is 4.85. The first kappa shape index (κ1) is 5.30. The van der Waals surface area contributed by atoms with Gasteiger partial charge < -0.3 is 4.52 Å². The number of aromatic nitrogens is 1. The second-order valence-electron chi connectivity index (χ2n) is 2.24. The van der Waals surface area contributed by atoms with Crippen molar-refractivity contribution in [3.05, 3.63) is 16.5 Å². The van der Waals surface area contributed by atoms with Crippen molar-refractivity contribution in [2.24, 2.45) is 0 Å². The average Bonchev–Trinajstić information content (AvgIpc) is 2.35. The number of halogens is 1. The molecule has 0 saturated carbocycles. The molecule has 1 aromatic heterocycles. The van der Waals surface area contributed by atoms with E-state index in [-0.39, 0.29) is 0 Å². The molecule has 9 heavy (non-hydrogen) atoms. The summed E-state index contributed by atoms with van der Waals surface area (Å²) in [4.78, 5) is 0. The van der Waals surface area contributed by atoms with Crippen LogP contribution in [0.15, 0.2) is 4.52 Å². The first-order valence-corrected chi connectivity index (χ1v) is 3.38. The molecule has 0 fully saturated rings. The first-order chi connectivity index (χ1) is 4.38. The first-order valence-electron chi connectivity index (χ1n) is 3.01.